The van der Waals surface area contributed by atoms with E-state index in [0.29, 0.717) is 12.2 Å². The Morgan fingerprint density at radius 3 is 2.23 bits per heavy atom. The van der Waals surface area contributed by atoms with Crippen LogP contribution in [0.2, 0.25) is 0 Å². The quantitative estimate of drug-likeness (QED) is 0.342. The second-order valence-electron chi connectivity index (χ2n) is 9.67. The molecule has 1 N–H and O–H groups in total. The number of benzene rings is 3. The van der Waals surface area contributed by atoms with Gasteiger partial charge in [-0.3, -0.25) is 13.9 Å². The summed E-state index contributed by atoms with van der Waals surface area (Å²) in [6.45, 7) is 6.84. The summed E-state index contributed by atoms with van der Waals surface area (Å²) in [4.78, 5) is 28.3. The SMILES string of the molecule is CC[C@H](C)NC(=O)[C@@H](C)N(Cc1cccc(C)c1)C(=O)CN(c1ccc(F)cc1)S(=O)(=O)c1ccc(OC)cc1. The van der Waals surface area contributed by atoms with Crippen molar-refractivity contribution in [2.24, 2.45) is 0 Å². The lowest BCUT2D eigenvalue weighted by Gasteiger charge is -2.32. The van der Waals surface area contributed by atoms with Crippen molar-refractivity contribution in [2.75, 3.05) is 18.0 Å². The molecule has 2 atom stereocenters. The van der Waals surface area contributed by atoms with E-state index in [2.05, 4.69) is 5.32 Å². The van der Waals surface area contributed by atoms with E-state index in [-0.39, 0.29) is 29.1 Å². The number of carbonyl (C=O) groups is 2. The second-order valence-corrected chi connectivity index (χ2v) is 11.5. The van der Waals surface area contributed by atoms with Crippen LogP contribution in [0.1, 0.15) is 38.3 Å². The molecule has 0 aliphatic rings. The van der Waals surface area contributed by atoms with E-state index in [0.717, 1.165) is 27.6 Å². The van der Waals surface area contributed by atoms with E-state index in [1.54, 1.807) is 6.92 Å². The molecule has 0 radical (unpaired) electrons. The highest BCUT2D eigenvalue weighted by Gasteiger charge is 2.33. The van der Waals surface area contributed by atoms with Gasteiger partial charge in [-0.1, -0.05) is 36.8 Å². The van der Waals surface area contributed by atoms with Crippen molar-refractivity contribution in [3.05, 3.63) is 89.7 Å². The number of aryl methyl sites for hydroxylation is 1. The average Bonchev–Trinajstić information content (AvgIpc) is 2.94. The topological polar surface area (TPSA) is 96.0 Å². The van der Waals surface area contributed by atoms with Crippen molar-refractivity contribution < 1.29 is 27.1 Å². The largest absolute Gasteiger partial charge is 0.497 e. The third-order valence-electron chi connectivity index (χ3n) is 6.64. The van der Waals surface area contributed by atoms with Crippen LogP contribution in [0.5, 0.6) is 5.75 Å². The van der Waals surface area contributed by atoms with Gasteiger partial charge in [0.1, 0.15) is 24.2 Å². The number of methoxy groups -OCH3 is 1. The van der Waals surface area contributed by atoms with Crippen LogP contribution in [0.25, 0.3) is 0 Å². The van der Waals surface area contributed by atoms with E-state index in [4.69, 9.17) is 4.74 Å². The number of rotatable bonds is 12. The molecule has 3 rings (SSSR count). The Labute approximate surface area is 235 Å². The molecule has 40 heavy (non-hydrogen) atoms. The minimum absolute atomic E-state index is 0.0711. The summed E-state index contributed by atoms with van der Waals surface area (Å²) in [5, 5.41) is 2.90. The highest BCUT2D eigenvalue weighted by atomic mass is 32.2. The molecule has 0 saturated carbocycles. The Morgan fingerprint density at radius 2 is 1.65 bits per heavy atom. The Hall–Kier alpha value is -3.92. The van der Waals surface area contributed by atoms with Gasteiger partial charge in [-0.05, 0) is 81.3 Å². The molecule has 0 aliphatic carbocycles. The number of halogens is 1. The Kier molecular flexibility index (Phi) is 10.3. The van der Waals surface area contributed by atoms with E-state index in [1.807, 2.05) is 45.0 Å². The predicted octanol–water partition coefficient (Wildman–Crippen LogP) is 4.67. The number of hydrogen-bond acceptors (Lipinski definition) is 5. The molecule has 0 saturated heterocycles. The van der Waals surface area contributed by atoms with E-state index in [1.165, 1.54) is 48.4 Å². The molecule has 10 heteroatoms. The number of nitrogens with one attached hydrogen (secondary N) is 1. The first-order valence-corrected chi connectivity index (χ1v) is 14.5. The molecule has 0 aliphatic heterocycles. The van der Waals surface area contributed by atoms with Gasteiger partial charge >= 0.3 is 0 Å². The van der Waals surface area contributed by atoms with E-state index < -0.39 is 34.3 Å². The van der Waals surface area contributed by atoms with Gasteiger partial charge in [-0.15, -0.1) is 0 Å². The van der Waals surface area contributed by atoms with Crippen molar-refractivity contribution >= 4 is 27.5 Å². The van der Waals surface area contributed by atoms with Gasteiger partial charge < -0.3 is 15.0 Å². The van der Waals surface area contributed by atoms with Gasteiger partial charge in [-0.2, -0.15) is 0 Å². The van der Waals surface area contributed by atoms with Crippen molar-refractivity contribution in [2.45, 2.75) is 57.6 Å². The van der Waals surface area contributed by atoms with Gasteiger partial charge in [0.25, 0.3) is 10.0 Å². The van der Waals surface area contributed by atoms with Crippen LogP contribution in [-0.4, -0.2) is 50.9 Å². The number of sulfonamides is 1. The fraction of sp³-hybridized carbons (Fsp3) is 0.333. The maximum Gasteiger partial charge on any atom is 0.264 e. The molecule has 0 unspecified atom stereocenters. The molecule has 0 bridgehead atoms. The zero-order valence-corrected chi connectivity index (χ0v) is 24.2. The molecular weight excluding hydrogens is 533 g/mol. The molecule has 0 aromatic heterocycles. The number of nitrogens with zero attached hydrogens (tertiary/aromatic N) is 2. The fourth-order valence-electron chi connectivity index (χ4n) is 4.07. The van der Waals surface area contributed by atoms with Crippen LogP contribution < -0.4 is 14.4 Å². The minimum Gasteiger partial charge on any atom is -0.497 e. The maximum atomic E-state index is 13.9. The monoisotopic (exact) mass is 569 g/mol. The van der Waals surface area contributed by atoms with Crippen molar-refractivity contribution in [1.82, 2.24) is 10.2 Å². The number of hydrogen-bond donors (Lipinski definition) is 1. The zero-order chi connectivity index (χ0) is 29.4. The Bertz CT molecular complexity index is 1410. The summed E-state index contributed by atoms with van der Waals surface area (Å²) < 4.78 is 47.4. The number of ether oxygens (including phenoxy) is 1. The van der Waals surface area contributed by atoms with Gasteiger partial charge in [0.2, 0.25) is 11.8 Å². The summed E-state index contributed by atoms with van der Waals surface area (Å²) in [6, 6.07) is 17.2. The van der Waals surface area contributed by atoms with Gasteiger partial charge in [0.15, 0.2) is 0 Å². The maximum absolute atomic E-state index is 13.9. The lowest BCUT2D eigenvalue weighted by molar-refractivity contribution is -0.139. The number of anilines is 1. The smallest absolute Gasteiger partial charge is 0.264 e. The van der Waals surface area contributed by atoms with Crippen LogP contribution >= 0.6 is 0 Å². The van der Waals surface area contributed by atoms with Crippen LogP contribution in [0, 0.1) is 12.7 Å². The molecule has 8 nitrogen and oxygen atoms in total. The summed E-state index contributed by atoms with van der Waals surface area (Å²) in [5.74, 6) is -1.02. The first-order chi connectivity index (χ1) is 19.0. The van der Waals surface area contributed by atoms with Crippen LogP contribution in [0.3, 0.4) is 0 Å². The fourth-order valence-corrected chi connectivity index (χ4v) is 5.48. The highest BCUT2D eigenvalue weighted by molar-refractivity contribution is 7.92. The third-order valence-corrected chi connectivity index (χ3v) is 8.43. The van der Waals surface area contributed by atoms with Crippen LogP contribution in [0.15, 0.2) is 77.7 Å². The molecule has 3 aromatic rings. The molecule has 3 aromatic carbocycles. The summed E-state index contributed by atoms with van der Waals surface area (Å²) in [7, 11) is -2.80. The first kappa shape index (κ1) is 30.6. The number of amides is 2. The van der Waals surface area contributed by atoms with Gasteiger partial charge in [-0.25, -0.2) is 12.8 Å². The summed E-state index contributed by atoms with van der Waals surface area (Å²) in [5.41, 5.74) is 1.89. The predicted molar refractivity (Wildman–Crippen MR) is 153 cm³/mol. The van der Waals surface area contributed by atoms with E-state index >= 15 is 0 Å². The standard InChI is InChI=1S/C30H36FN3O5S/c1-6-22(3)32-30(36)23(4)33(19-24-9-7-8-21(2)18-24)29(35)20-34(26-12-10-25(31)11-13-26)40(37,38)28-16-14-27(39-5)15-17-28/h7-18,22-23H,6,19-20H2,1-5H3,(H,32,36)/t22-,23+/m0/s1. The lowest BCUT2D eigenvalue weighted by Crippen LogP contribution is -2.52. The van der Waals surface area contributed by atoms with Crippen LogP contribution in [-0.2, 0) is 26.2 Å². The molecule has 214 valence electrons. The Morgan fingerprint density at radius 1 is 1.00 bits per heavy atom. The third kappa shape index (κ3) is 7.59. The van der Waals surface area contributed by atoms with Crippen molar-refractivity contribution in [3.63, 3.8) is 0 Å². The first-order valence-electron chi connectivity index (χ1n) is 13.0. The zero-order valence-electron chi connectivity index (χ0n) is 23.4. The molecule has 2 amide bonds. The van der Waals surface area contributed by atoms with Crippen molar-refractivity contribution in [3.8, 4) is 5.75 Å². The summed E-state index contributed by atoms with van der Waals surface area (Å²) in [6.07, 6.45) is 0.711. The Balaban J connectivity index is 2.02. The molecule has 0 heterocycles. The minimum atomic E-state index is -4.26. The van der Waals surface area contributed by atoms with E-state index in [9.17, 15) is 22.4 Å². The summed E-state index contributed by atoms with van der Waals surface area (Å²) >= 11 is 0. The van der Waals surface area contributed by atoms with Crippen molar-refractivity contribution in [1.29, 1.82) is 0 Å². The normalized spacial score (nSPS) is 12.8. The lowest BCUT2D eigenvalue weighted by atomic mass is 10.1. The van der Waals surface area contributed by atoms with Gasteiger partial charge in [0, 0.05) is 12.6 Å². The molecule has 0 fully saturated rings. The highest BCUT2D eigenvalue weighted by Crippen LogP contribution is 2.26. The molecule has 0 spiro atoms. The molecular formula is C30H36FN3O5S. The van der Waals surface area contributed by atoms with Gasteiger partial charge in [0.05, 0.1) is 17.7 Å². The second kappa shape index (κ2) is 13.4. The van der Waals surface area contributed by atoms with Crippen LogP contribution in [0.4, 0.5) is 10.1 Å². The average molecular weight is 570 g/mol. The number of carbonyl (C=O) groups excluding carboxylic acids is 2.